The molecule has 0 aliphatic carbocycles. The van der Waals surface area contributed by atoms with Gasteiger partial charge in [-0.2, -0.15) is 0 Å². The van der Waals surface area contributed by atoms with Crippen LogP contribution in [0.5, 0.6) is 0 Å². The average Bonchev–Trinajstić information content (AvgIpc) is 3.40. The maximum atomic E-state index is 5.38. The zero-order chi connectivity index (χ0) is 18.6. The Morgan fingerprint density at radius 2 is 1.89 bits per heavy atom. The van der Waals surface area contributed by atoms with Crippen molar-refractivity contribution in [1.82, 2.24) is 25.6 Å². The molecule has 7 nitrogen and oxygen atoms in total. The van der Waals surface area contributed by atoms with Gasteiger partial charge in [-0.05, 0) is 30.5 Å². The van der Waals surface area contributed by atoms with E-state index >= 15 is 0 Å². The quantitative estimate of drug-likeness (QED) is 0.327. The van der Waals surface area contributed by atoms with Gasteiger partial charge < -0.3 is 15.1 Å². The van der Waals surface area contributed by atoms with Crippen LogP contribution in [0.25, 0.3) is 0 Å². The molecule has 2 heterocycles. The fourth-order valence-corrected chi connectivity index (χ4v) is 2.68. The van der Waals surface area contributed by atoms with Gasteiger partial charge in [0.25, 0.3) is 0 Å². The minimum absolute atomic E-state index is 0.723. The largest absolute Gasteiger partial charge is 0.469 e. The second-order valence-corrected chi connectivity index (χ2v) is 6.17. The second-order valence-electron chi connectivity index (χ2n) is 6.17. The number of aromatic nitrogens is 3. The van der Waals surface area contributed by atoms with Crippen molar-refractivity contribution >= 4 is 5.96 Å². The van der Waals surface area contributed by atoms with E-state index in [-0.39, 0.29) is 0 Å². The Balaban J connectivity index is 1.44. The number of hydrogen-bond donors (Lipinski definition) is 2. The summed E-state index contributed by atoms with van der Waals surface area (Å²) in [6, 6.07) is 14.3. The normalized spacial score (nSPS) is 11.5. The molecule has 2 N–H and O–H groups in total. The molecule has 0 aliphatic rings. The van der Waals surface area contributed by atoms with Gasteiger partial charge in [-0.1, -0.05) is 35.5 Å². The van der Waals surface area contributed by atoms with E-state index in [0.29, 0.717) is 0 Å². The Bertz CT molecular complexity index is 768. The highest BCUT2D eigenvalue weighted by Crippen LogP contribution is 2.00. The van der Waals surface area contributed by atoms with Crippen LogP contribution in [0.3, 0.4) is 0 Å². The fourth-order valence-electron chi connectivity index (χ4n) is 2.68. The van der Waals surface area contributed by atoms with Crippen molar-refractivity contribution < 1.29 is 4.42 Å². The maximum absolute atomic E-state index is 5.38. The first-order valence-corrected chi connectivity index (χ1v) is 9.33. The number of rotatable bonds is 10. The highest BCUT2D eigenvalue weighted by Gasteiger charge is 2.01. The third-order valence-electron chi connectivity index (χ3n) is 4.08. The molecule has 0 fully saturated rings. The SMILES string of the molecule is c1ccc(CCNC(=NCCCn2ccnn2)NCCc2ccco2)cc1. The van der Waals surface area contributed by atoms with Gasteiger partial charge in [0.1, 0.15) is 5.76 Å². The Labute approximate surface area is 159 Å². The van der Waals surface area contributed by atoms with Crippen molar-refractivity contribution in [3.05, 3.63) is 72.4 Å². The molecule has 0 amide bonds. The summed E-state index contributed by atoms with van der Waals surface area (Å²) >= 11 is 0. The number of guanidine groups is 1. The molecule has 0 atom stereocenters. The lowest BCUT2D eigenvalue weighted by Crippen LogP contribution is -2.39. The zero-order valence-corrected chi connectivity index (χ0v) is 15.4. The highest BCUT2D eigenvalue weighted by molar-refractivity contribution is 5.79. The van der Waals surface area contributed by atoms with Gasteiger partial charge in [0.05, 0.1) is 12.5 Å². The summed E-state index contributed by atoms with van der Waals surface area (Å²) in [7, 11) is 0. The molecule has 0 unspecified atom stereocenters. The van der Waals surface area contributed by atoms with Crippen molar-refractivity contribution in [2.45, 2.75) is 25.8 Å². The predicted molar refractivity (Wildman–Crippen MR) is 106 cm³/mol. The topological polar surface area (TPSA) is 80.3 Å². The molecule has 27 heavy (non-hydrogen) atoms. The molecule has 0 bridgehead atoms. The zero-order valence-electron chi connectivity index (χ0n) is 15.4. The predicted octanol–water partition coefficient (Wildman–Crippen LogP) is 2.28. The van der Waals surface area contributed by atoms with Crippen molar-refractivity contribution in [3.63, 3.8) is 0 Å². The lowest BCUT2D eigenvalue weighted by atomic mass is 10.1. The van der Waals surface area contributed by atoms with Crippen LogP contribution in [0.2, 0.25) is 0 Å². The number of furan rings is 1. The summed E-state index contributed by atoms with van der Waals surface area (Å²) in [6.07, 6.45) is 7.95. The molecule has 142 valence electrons. The second kappa shape index (κ2) is 10.8. The average molecular weight is 366 g/mol. The summed E-state index contributed by atoms with van der Waals surface area (Å²) in [4.78, 5) is 4.68. The summed E-state index contributed by atoms with van der Waals surface area (Å²) in [5.41, 5.74) is 1.31. The number of nitrogens with one attached hydrogen (secondary N) is 2. The molecule has 3 rings (SSSR count). The van der Waals surface area contributed by atoms with Crippen LogP contribution in [-0.4, -0.2) is 40.6 Å². The molecule has 2 aromatic heterocycles. The third-order valence-corrected chi connectivity index (χ3v) is 4.08. The summed E-state index contributed by atoms with van der Waals surface area (Å²) < 4.78 is 7.20. The van der Waals surface area contributed by atoms with E-state index in [1.165, 1.54) is 5.56 Å². The van der Waals surface area contributed by atoms with E-state index in [1.807, 2.05) is 29.1 Å². The Morgan fingerprint density at radius 1 is 1.04 bits per heavy atom. The molecule has 3 aromatic rings. The van der Waals surface area contributed by atoms with Crippen molar-refractivity contribution in [2.24, 2.45) is 4.99 Å². The monoisotopic (exact) mass is 366 g/mol. The van der Waals surface area contributed by atoms with Crippen molar-refractivity contribution in [3.8, 4) is 0 Å². The summed E-state index contributed by atoms with van der Waals surface area (Å²) in [5.74, 6) is 1.80. The van der Waals surface area contributed by atoms with E-state index in [9.17, 15) is 0 Å². The van der Waals surface area contributed by atoms with Gasteiger partial charge in [0.15, 0.2) is 5.96 Å². The number of aliphatic imine (C=N–C) groups is 1. The molecule has 0 saturated carbocycles. The molecule has 0 saturated heterocycles. The van der Waals surface area contributed by atoms with Gasteiger partial charge in [-0.15, -0.1) is 5.10 Å². The summed E-state index contributed by atoms with van der Waals surface area (Å²) in [6.45, 7) is 3.14. The first-order valence-electron chi connectivity index (χ1n) is 9.33. The molecule has 7 heteroatoms. The van der Waals surface area contributed by atoms with E-state index in [2.05, 4.69) is 50.2 Å². The van der Waals surface area contributed by atoms with E-state index in [4.69, 9.17) is 4.42 Å². The number of nitrogens with zero attached hydrogens (tertiary/aromatic N) is 4. The summed E-state index contributed by atoms with van der Waals surface area (Å²) in [5, 5.41) is 14.6. The Morgan fingerprint density at radius 3 is 2.63 bits per heavy atom. The number of benzene rings is 1. The van der Waals surface area contributed by atoms with Gasteiger partial charge in [-0.25, -0.2) is 0 Å². The molecular weight excluding hydrogens is 340 g/mol. The standard InChI is InChI=1S/C20H26N6O/c1-2-6-18(7-3-1)9-12-22-20(23-13-10-19-8-4-17-27-19)21-11-5-15-26-16-14-24-25-26/h1-4,6-8,14,16-17H,5,9-13,15H2,(H2,21,22,23). The first kappa shape index (κ1) is 18.7. The highest BCUT2D eigenvalue weighted by atomic mass is 16.3. The molecular formula is C20H26N6O. The van der Waals surface area contributed by atoms with Crippen molar-refractivity contribution in [2.75, 3.05) is 19.6 Å². The fraction of sp³-hybridized carbons (Fsp3) is 0.350. The number of aryl methyl sites for hydroxylation is 1. The maximum Gasteiger partial charge on any atom is 0.191 e. The van der Waals surface area contributed by atoms with Crippen LogP contribution in [0, 0.1) is 0 Å². The van der Waals surface area contributed by atoms with Gasteiger partial charge >= 0.3 is 0 Å². The van der Waals surface area contributed by atoms with Crippen LogP contribution in [0.4, 0.5) is 0 Å². The van der Waals surface area contributed by atoms with Crippen LogP contribution < -0.4 is 10.6 Å². The first-order chi connectivity index (χ1) is 13.4. The van der Waals surface area contributed by atoms with Gasteiger partial charge in [0.2, 0.25) is 0 Å². The van der Waals surface area contributed by atoms with E-state index in [0.717, 1.165) is 57.2 Å². The van der Waals surface area contributed by atoms with E-state index in [1.54, 1.807) is 12.5 Å². The molecule has 0 aliphatic heterocycles. The van der Waals surface area contributed by atoms with Gasteiger partial charge in [0, 0.05) is 38.8 Å². The van der Waals surface area contributed by atoms with Crippen LogP contribution in [0.1, 0.15) is 17.7 Å². The Hall–Kier alpha value is -3.09. The molecule has 1 aromatic carbocycles. The lowest BCUT2D eigenvalue weighted by molar-refractivity contribution is 0.506. The van der Waals surface area contributed by atoms with Crippen LogP contribution in [-0.2, 0) is 19.4 Å². The minimum atomic E-state index is 0.723. The number of hydrogen-bond acceptors (Lipinski definition) is 4. The van der Waals surface area contributed by atoms with Crippen LogP contribution in [0.15, 0.2) is 70.5 Å². The Kier molecular flexibility index (Phi) is 7.48. The molecule has 0 radical (unpaired) electrons. The minimum Gasteiger partial charge on any atom is -0.469 e. The lowest BCUT2D eigenvalue weighted by Gasteiger charge is -2.12. The molecule has 0 spiro atoms. The van der Waals surface area contributed by atoms with E-state index < -0.39 is 0 Å². The third kappa shape index (κ3) is 6.97. The van der Waals surface area contributed by atoms with Crippen LogP contribution >= 0.6 is 0 Å². The smallest absolute Gasteiger partial charge is 0.191 e. The van der Waals surface area contributed by atoms with Crippen molar-refractivity contribution in [1.29, 1.82) is 0 Å². The van der Waals surface area contributed by atoms with Gasteiger partial charge in [-0.3, -0.25) is 9.67 Å².